The molecule has 1 atom stereocenters. The molecule has 1 unspecified atom stereocenters. The molecule has 3 rings (SSSR count). The minimum absolute atomic E-state index is 0.0545. The number of carbonyl (C=O) groups is 2. The highest BCUT2D eigenvalue weighted by Crippen LogP contribution is 2.29. The van der Waals surface area contributed by atoms with Gasteiger partial charge in [0.2, 0.25) is 0 Å². The van der Waals surface area contributed by atoms with Crippen LogP contribution in [0.1, 0.15) is 36.2 Å². The van der Waals surface area contributed by atoms with Gasteiger partial charge in [0, 0.05) is 12.6 Å². The normalized spacial score (nSPS) is 16.8. The van der Waals surface area contributed by atoms with E-state index in [9.17, 15) is 18.0 Å². The Hall–Kier alpha value is -3.07. The van der Waals surface area contributed by atoms with E-state index in [-0.39, 0.29) is 29.0 Å². The lowest BCUT2D eigenvalue weighted by Crippen LogP contribution is -2.45. The van der Waals surface area contributed by atoms with Crippen LogP contribution in [0.3, 0.4) is 0 Å². The summed E-state index contributed by atoms with van der Waals surface area (Å²) in [5.41, 5.74) is 1.21. The average Bonchev–Trinajstić information content (AvgIpc) is 3.19. The first-order valence-electron chi connectivity index (χ1n) is 11.2. The van der Waals surface area contributed by atoms with Crippen molar-refractivity contribution in [1.29, 1.82) is 0 Å². The van der Waals surface area contributed by atoms with Crippen LogP contribution in [0.2, 0.25) is 0 Å². The molecule has 0 radical (unpaired) electrons. The summed E-state index contributed by atoms with van der Waals surface area (Å²) < 4.78 is 40.2. The molecule has 1 saturated heterocycles. The number of esters is 1. The molecule has 0 aliphatic carbocycles. The maximum atomic E-state index is 12.8. The van der Waals surface area contributed by atoms with Gasteiger partial charge in [-0.25, -0.2) is 13.2 Å². The molecule has 2 aromatic carbocycles. The molecule has 1 aliphatic heterocycles. The monoisotopic (exact) mass is 489 g/mol. The van der Waals surface area contributed by atoms with Gasteiger partial charge >= 0.3 is 5.97 Å². The fraction of sp³-hybridized carbons (Fsp3) is 0.440. The van der Waals surface area contributed by atoms with E-state index in [1.165, 1.54) is 18.1 Å². The predicted octanol–water partition coefficient (Wildman–Crippen LogP) is 3.10. The van der Waals surface area contributed by atoms with E-state index in [0.717, 1.165) is 5.56 Å². The maximum absolute atomic E-state index is 12.8. The van der Waals surface area contributed by atoms with Gasteiger partial charge < -0.3 is 19.1 Å². The quantitative estimate of drug-likeness (QED) is 0.473. The highest BCUT2D eigenvalue weighted by Gasteiger charge is 2.35. The van der Waals surface area contributed by atoms with Crippen LogP contribution in [0.4, 0.5) is 0 Å². The lowest BCUT2D eigenvalue weighted by molar-refractivity contribution is -0.137. The zero-order valence-electron chi connectivity index (χ0n) is 19.7. The van der Waals surface area contributed by atoms with Crippen molar-refractivity contribution < 1.29 is 32.2 Å². The molecule has 0 bridgehead atoms. The van der Waals surface area contributed by atoms with Gasteiger partial charge in [-0.15, -0.1) is 0 Å². The molecule has 1 aliphatic rings. The molecule has 1 heterocycles. The molecular formula is C25H31NO7S. The maximum Gasteiger partial charge on any atom is 0.338 e. The first-order chi connectivity index (χ1) is 16.2. The van der Waals surface area contributed by atoms with E-state index in [0.29, 0.717) is 31.1 Å². The number of benzene rings is 2. The number of carbonyl (C=O) groups excluding carboxylic acids is 2. The number of amides is 1. The number of hydrogen-bond donors (Lipinski definition) is 0. The number of sulfone groups is 1. The van der Waals surface area contributed by atoms with E-state index in [1.54, 1.807) is 12.1 Å². The zero-order chi connectivity index (χ0) is 24.7. The summed E-state index contributed by atoms with van der Waals surface area (Å²) in [5, 5.41) is 0. The van der Waals surface area contributed by atoms with Crippen LogP contribution in [0, 0.1) is 5.92 Å². The Kier molecular flexibility index (Phi) is 8.55. The summed E-state index contributed by atoms with van der Waals surface area (Å²) in [7, 11) is -1.67. The van der Waals surface area contributed by atoms with Gasteiger partial charge in [-0.3, -0.25) is 4.79 Å². The Bertz CT molecular complexity index is 1100. The molecule has 1 fully saturated rings. The summed E-state index contributed by atoms with van der Waals surface area (Å²) in [6, 6.07) is 13.9. The number of rotatable bonds is 10. The van der Waals surface area contributed by atoms with Crippen LogP contribution < -0.4 is 9.47 Å². The van der Waals surface area contributed by atoms with Crippen LogP contribution in [0.5, 0.6) is 11.5 Å². The standard InChI is InChI=1S/C25H31NO7S/c1-18(2)14-26(21-11-12-34(29,30)17-21)24(27)16-33-25(28)20-9-10-22(23(13-20)31-3)32-15-19-7-5-4-6-8-19/h4-10,13,18,21H,11-12,14-17H2,1-3H3. The van der Waals surface area contributed by atoms with Crippen molar-refractivity contribution in [2.45, 2.75) is 32.9 Å². The summed E-state index contributed by atoms with van der Waals surface area (Å²) in [6.07, 6.45) is 0.399. The van der Waals surface area contributed by atoms with E-state index in [1.807, 2.05) is 44.2 Å². The molecule has 0 aromatic heterocycles. The molecule has 0 spiro atoms. The van der Waals surface area contributed by atoms with Crippen molar-refractivity contribution in [2.75, 3.05) is 31.8 Å². The van der Waals surface area contributed by atoms with E-state index >= 15 is 0 Å². The van der Waals surface area contributed by atoms with Gasteiger partial charge in [0.15, 0.2) is 27.9 Å². The molecule has 9 heteroatoms. The molecule has 8 nitrogen and oxygen atoms in total. The topological polar surface area (TPSA) is 99.2 Å². The number of methoxy groups -OCH3 is 1. The fourth-order valence-electron chi connectivity index (χ4n) is 3.81. The SMILES string of the molecule is COc1cc(C(=O)OCC(=O)N(CC(C)C)C2CCS(=O)(=O)C2)ccc1OCc1ccccc1. The van der Waals surface area contributed by atoms with Gasteiger partial charge in [0.25, 0.3) is 5.91 Å². The van der Waals surface area contributed by atoms with Crippen molar-refractivity contribution >= 4 is 21.7 Å². The number of nitrogens with zero attached hydrogens (tertiary/aromatic N) is 1. The molecule has 184 valence electrons. The third kappa shape index (κ3) is 6.96. The van der Waals surface area contributed by atoms with Crippen LogP contribution in [0.15, 0.2) is 48.5 Å². The Balaban J connectivity index is 1.62. The van der Waals surface area contributed by atoms with Crippen molar-refractivity contribution in [1.82, 2.24) is 4.90 Å². The van der Waals surface area contributed by atoms with E-state index in [2.05, 4.69) is 0 Å². The molecule has 1 amide bonds. The Morgan fingerprint density at radius 2 is 1.82 bits per heavy atom. The first-order valence-corrected chi connectivity index (χ1v) is 13.0. The van der Waals surface area contributed by atoms with Crippen LogP contribution in [-0.4, -0.2) is 63.0 Å². The summed E-state index contributed by atoms with van der Waals surface area (Å²) in [5.74, 6) is -0.0722. The second-order valence-electron chi connectivity index (χ2n) is 8.71. The Morgan fingerprint density at radius 1 is 1.09 bits per heavy atom. The smallest absolute Gasteiger partial charge is 0.338 e. The van der Waals surface area contributed by atoms with Gasteiger partial charge in [-0.2, -0.15) is 0 Å². The lowest BCUT2D eigenvalue weighted by Gasteiger charge is -2.29. The van der Waals surface area contributed by atoms with Crippen molar-refractivity contribution in [3.8, 4) is 11.5 Å². The molecular weight excluding hydrogens is 458 g/mol. The third-order valence-corrected chi connectivity index (χ3v) is 7.24. The van der Waals surface area contributed by atoms with Gasteiger partial charge in [0.1, 0.15) is 6.61 Å². The first kappa shape index (κ1) is 25.6. The summed E-state index contributed by atoms with van der Waals surface area (Å²) in [6.45, 7) is 4.18. The average molecular weight is 490 g/mol. The molecule has 0 N–H and O–H groups in total. The van der Waals surface area contributed by atoms with E-state index in [4.69, 9.17) is 14.2 Å². The lowest BCUT2D eigenvalue weighted by atomic mass is 10.1. The Labute approximate surface area is 200 Å². The van der Waals surface area contributed by atoms with E-state index < -0.39 is 28.3 Å². The predicted molar refractivity (Wildman–Crippen MR) is 128 cm³/mol. The second kappa shape index (κ2) is 11.4. The third-order valence-electron chi connectivity index (χ3n) is 5.49. The Morgan fingerprint density at radius 3 is 2.44 bits per heavy atom. The summed E-state index contributed by atoms with van der Waals surface area (Å²) >= 11 is 0. The second-order valence-corrected chi connectivity index (χ2v) is 10.9. The van der Waals surface area contributed by atoms with Crippen LogP contribution >= 0.6 is 0 Å². The highest BCUT2D eigenvalue weighted by molar-refractivity contribution is 7.91. The number of ether oxygens (including phenoxy) is 3. The van der Waals surface area contributed by atoms with Gasteiger partial charge in [-0.1, -0.05) is 44.2 Å². The van der Waals surface area contributed by atoms with Crippen LogP contribution in [0.25, 0.3) is 0 Å². The van der Waals surface area contributed by atoms with Crippen molar-refractivity contribution in [3.63, 3.8) is 0 Å². The minimum Gasteiger partial charge on any atom is -0.493 e. The number of hydrogen-bond acceptors (Lipinski definition) is 7. The molecule has 34 heavy (non-hydrogen) atoms. The molecule has 2 aromatic rings. The largest absolute Gasteiger partial charge is 0.493 e. The van der Waals surface area contributed by atoms with Gasteiger partial charge in [0.05, 0.1) is 24.2 Å². The fourth-order valence-corrected chi connectivity index (χ4v) is 5.54. The van der Waals surface area contributed by atoms with Crippen molar-refractivity contribution in [3.05, 3.63) is 59.7 Å². The highest BCUT2D eigenvalue weighted by atomic mass is 32.2. The van der Waals surface area contributed by atoms with Crippen molar-refractivity contribution in [2.24, 2.45) is 5.92 Å². The zero-order valence-corrected chi connectivity index (χ0v) is 20.5. The summed E-state index contributed by atoms with van der Waals surface area (Å²) in [4.78, 5) is 26.9. The minimum atomic E-state index is -3.15. The molecule has 0 saturated carbocycles. The van der Waals surface area contributed by atoms with Gasteiger partial charge in [-0.05, 0) is 36.1 Å². The van der Waals surface area contributed by atoms with Crippen LogP contribution in [-0.2, 0) is 26.0 Å².